The van der Waals surface area contributed by atoms with Crippen LogP contribution in [-0.4, -0.2) is 6.61 Å². The molecule has 0 aliphatic rings. The summed E-state index contributed by atoms with van der Waals surface area (Å²) in [5, 5.41) is 3.38. The lowest BCUT2D eigenvalue weighted by Crippen LogP contribution is -2.03. The molecule has 0 radical (unpaired) electrons. The summed E-state index contributed by atoms with van der Waals surface area (Å²) in [4.78, 5) is 0. The zero-order chi connectivity index (χ0) is 14.4. The highest BCUT2D eigenvalue weighted by molar-refractivity contribution is 9.10. The van der Waals surface area contributed by atoms with Crippen molar-refractivity contribution in [3.63, 3.8) is 0 Å². The van der Waals surface area contributed by atoms with Gasteiger partial charge in [0.05, 0.1) is 12.3 Å². The molecule has 0 saturated heterocycles. The summed E-state index contributed by atoms with van der Waals surface area (Å²) in [7, 11) is 0. The van der Waals surface area contributed by atoms with Gasteiger partial charge >= 0.3 is 0 Å². The van der Waals surface area contributed by atoms with Crippen LogP contribution in [0, 0.1) is 0 Å². The van der Waals surface area contributed by atoms with E-state index < -0.39 is 0 Å². The van der Waals surface area contributed by atoms with E-state index in [4.69, 9.17) is 10.5 Å². The molecule has 0 aliphatic carbocycles. The molecule has 0 spiro atoms. The Morgan fingerprint density at radius 2 is 2.00 bits per heavy atom. The Kier molecular flexibility index (Phi) is 5.30. The van der Waals surface area contributed by atoms with Crippen LogP contribution in [0.25, 0.3) is 0 Å². The van der Waals surface area contributed by atoms with Crippen LogP contribution in [0.15, 0.2) is 46.9 Å². The lowest BCUT2D eigenvalue weighted by molar-refractivity contribution is 0.319. The third-order valence-electron chi connectivity index (χ3n) is 2.92. The van der Waals surface area contributed by atoms with Crippen LogP contribution in [0.3, 0.4) is 0 Å². The number of hydrogen-bond donors (Lipinski definition) is 2. The van der Waals surface area contributed by atoms with Gasteiger partial charge in [-0.15, -0.1) is 0 Å². The maximum atomic E-state index is 5.90. The molecule has 0 aromatic heterocycles. The lowest BCUT2D eigenvalue weighted by atomic mass is 10.2. The highest BCUT2D eigenvalue weighted by atomic mass is 79.9. The Morgan fingerprint density at radius 1 is 1.20 bits per heavy atom. The third-order valence-corrected chi connectivity index (χ3v) is 3.69. The van der Waals surface area contributed by atoms with E-state index >= 15 is 0 Å². The van der Waals surface area contributed by atoms with Gasteiger partial charge in [-0.25, -0.2) is 0 Å². The van der Waals surface area contributed by atoms with Crippen LogP contribution in [0.2, 0.25) is 0 Å². The molecular formula is C16H19BrN2O. The van der Waals surface area contributed by atoms with Crippen molar-refractivity contribution in [2.45, 2.75) is 19.9 Å². The summed E-state index contributed by atoms with van der Waals surface area (Å²) in [6.45, 7) is 3.50. The first-order valence-electron chi connectivity index (χ1n) is 6.70. The molecule has 0 heterocycles. The van der Waals surface area contributed by atoms with Gasteiger partial charge in [0.25, 0.3) is 0 Å². The predicted molar refractivity (Wildman–Crippen MR) is 88.1 cm³/mol. The second-order valence-corrected chi connectivity index (χ2v) is 5.40. The van der Waals surface area contributed by atoms with Crippen molar-refractivity contribution in [1.82, 2.24) is 0 Å². The Hall–Kier alpha value is -1.68. The molecule has 2 aromatic rings. The third kappa shape index (κ3) is 3.90. The number of nitrogens with two attached hydrogens (primary N) is 1. The van der Waals surface area contributed by atoms with Gasteiger partial charge in [-0.05, 0) is 30.2 Å². The summed E-state index contributed by atoms with van der Waals surface area (Å²) >= 11 is 3.55. The van der Waals surface area contributed by atoms with Crippen molar-refractivity contribution < 1.29 is 4.74 Å². The number of hydrogen-bond acceptors (Lipinski definition) is 3. The van der Waals surface area contributed by atoms with Gasteiger partial charge in [-0.1, -0.05) is 41.1 Å². The molecule has 2 aromatic carbocycles. The number of rotatable bonds is 6. The zero-order valence-corrected chi connectivity index (χ0v) is 13.1. The Balaban J connectivity index is 2.04. The number of anilines is 2. The van der Waals surface area contributed by atoms with E-state index in [9.17, 15) is 0 Å². The van der Waals surface area contributed by atoms with E-state index in [2.05, 4.69) is 34.2 Å². The van der Waals surface area contributed by atoms with Gasteiger partial charge in [0, 0.05) is 22.8 Å². The van der Waals surface area contributed by atoms with Gasteiger partial charge in [0.2, 0.25) is 0 Å². The predicted octanol–water partition coefficient (Wildman–Crippen LogP) is 4.43. The molecule has 0 saturated carbocycles. The molecule has 0 aliphatic heterocycles. The monoisotopic (exact) mass is 334 g/mol. The SMILES string of the molecule is CCCOc1cc(NCc2ccccc2Br)ccc1N. The van der Waals surface area contributed by atoms with Gasteiger partial charge < -0.3 is 15.8 Å². The number of benzene rings is 2. The van der Waals surface area contributed by atoms with Gasteiger partial charge in [0.15, 0.2) is 0 Å². The average Bonchev–Trinajstić information content (AvgIpc) is 2.46. The van der Waals surface area contributed by atoms with Gasteiger partial charge in [-0.2, -0.15) is 0 Å². The Bertz CT molecular complexity index is 572. The highest BCUT2D eigenvalue weighted by Crippen LogP contribution is 2.26. The van der Waals surface area contributed by atoms with E-state index in [1.54, 1.807) is 0 Å². The second kappa shape index (κ2) is 7.20. The van der Waals surface area contributed by atoms with Gasteiger partial charge in [-0.3, -0.25) is 0 Å². The number of ether oxygens (including phenoxy) is 1. The van der Waals surface area contributed by atoms with Crippen molar-refractivity contribution in [2.75, 3.05) is 17.7 Å². The molecule has 106 valence electrons. The fraction of sp³-hybridized carbons (Fsp3) is 0.250. The van der Waals surface area contributed by atoms with E-state index in [-0.39, 0.29) is 0 Å². The fourth-order valence-corrected chi connectivity index (χ4v) is 2.25. The van der Waals surface area contributed by atoms with Gasteiger partial charge in [0.1, 0.15) is 5.75 Å². The summed E-state index contributed by atoms with van der Waals surface area (Å²) < 4.78 is 6.73. The van der Waals surface area contributed by atoms with Crippen LogP contribution < -0.4 is 15.8 Å². The van der Waals surface area contributed by atoms with Crippen LogP contribution in [0.1, 0.15) is 18.9 Å². The topological polar surface area (TPSA) is 47.3 Å². The fourth-order valence-electron chi connectivity index (χ4n) is 1.82. The minimum Gasteiger partial charge on any atom is -0.491 e. The Labute approximate surface area is 128 Å². The smallest absolute Gasteiger partial charge is 0.144 e. The van der Waals surface area contributed by atoms with Crippen LogP contribution in [0.4, 0.5) is 11.4 Å². The summed E-state index contributed by atoms with van der Waals surface area (Å²) in [6.07, 6.45) is 0.966. The van der Waals surface area contributed by atoms with Crippen molar-refractivity contribution in [2.24, 2.45) is 0 Å². The quantitative estimate of drug-likeness (QED) is 0.768. The molecular weight excluding hydrogens is 316 g/mol. The van der Waals surface area contributed by atoms with E-state index in [1.807, 2.05) is 36.4 Å². The molecule has 0 bridgehead atoms. The van der Waals surface area contributed by atoms with E-state index in [0.717, 1.165) is 28.9 Å². The summed E-state index contributed by atoms with van der Waals surface area (Å²) in [6, 6.07) is 13.9. The first-order chi connectivity index (χ1) is 9.70. The number of nitrogen functional groups attached to an aromatic ring is 1. The molecule has 4 heteroatoms. The van der Waals surface area contributed by atoms with E-state index in [1.165, 1.54) is 5.56 Å². The molecule has 2 rings (SSSR count). The number of halogens is 1. The summed E-state index contributed by atoms with van der Waals surface area (Å²) in [5.74, 6) is 0.740. The van der Waals surface area contributed by atoms with E-state index in [0.29, 0.717) is 12.3 Å². The average molecular weight is 335 g/mol. The number of nitrogens with one attached hydrogen (secondary N) is 1. The summed E-state index contributed by atoms with van der Waals surface area (Å²) in [5.41, 5.74) is 8.78. The molecule has 20 heavy (non-hydrogen) atoms. The molecule has 3 N–H and O–H groups in total. The largest absolute Gasteiger partial charge is 0.491 e. The van der Waals surface area contributed by atoms with Crippen LogP contribution in [0.5, 0.6) is 5.75 Å². The molecule has 0 atom stereocenters. The van der Waals surface area contributed by atoms with Crippen LogP contribution in [-0.2, 0) is 6.54 Å². The van der Waals surface area contributed by atoms with Crippen molar-refractivity contribution in [3.05, 3.63) is 52.5 Å². The maximum absolute atomic E-state index is 5.90. The van der Waals surface area contributed by atoms with Crippen LogP contribution >= 0.6 is 15.9 Å². The lowest BCUT2D eigenvalue weighted by Gasteiger charge is -2.12. The van der Waals surface area contributed by atoms with Crippen molar-refractivity contribution in [1.29, 1.82) is 0 Å². The highest BCUT2D eigenvalue weighted by Gasteiger charge is 2.03. The molecule has 0 unspecified atom stereocenters. The zero-order valence-electron chi connectivity index (χ0n) is 11.5. The second-order valence-electron chi connectivity index (χ2n) is 4.55. The first-order valence-corrected chi connectivity index (χ1v) is 7.49. The Morgan fingerprint density at radius 3 is 2.75 bits per heavy atom. The molecule has 3 nitrogen and oxygen atoms in total. The maximum Gasteiger partial charge on any atom is 0.144 e. The molecule has 0 amide bonds. The minimum atomic E-state index is 0.671. The van der Waals surface area contributed by atoms with Crippen molar-refractivity contribution in [3.8, 4) is 5.75 Å². The first kappa shape index (κ1) is 14.7. The molecule has 0 fully saturated rings. The van der Waals surface area contributed by atoms with Crippen molar-refractivity contribution >= 4 is 27.3 Å². The normalized spacial score (nSPS) is 10.3. The minimum absolute atomic E-state index is 0.671. The standard InChI is InChI=1S/C16H19BrN2O/c1-2-9-20-16-10-13(7-8-15(16)18)19-11-12-5-3-4-6-14(12)17/h3-8,10,19H,2,9,11,18H2,1H3.